The van der Waals surface area contributed by atoms with E-state index in [1.165, 1.54) is 0 Å². The van der Waals surface area contributed by atoms with E-state index < -0.39 is 0 Å². The largest absolute Gasteiger partial charge is 0.380 e. The Bertz CT molecular complexity index is 554. The van der Waals surface area contributed by atoms with Crippen molar-refractivity contribution in [1.29, 1.82) is 0 Å². The molecule has 2 rings (SSSR count). The van der Waals surface area contributed by atoms with Crippen molar-refractivity contribution in [2.45, 2.75) is 32.7 Å². The number of nitrogens with two attached hydrogens (primary N) is 1. The highest BCUT2D eigenvalue weighted by atomic mass is 15.1. The highest BCUT2D eigenvalue weighted by Crippen LogP contribution is 2.23. The summed E-state index contributed by atoms with van der Waals surface area (Å²) in [6, 6.07) is 6.30. The number of hydrogen-bond donors (Lipinski definition) is 2. The number of imidazole rings is 1. The molecule has 0 unspecified atom stereocenters. The minimum absolute atomic E-state index is 0.00620. The second-order valence-corrected chi connectivity index (χ2v) is 5.47. The van der Waals surface area contributed by atoms with Gasteiger partial charge >= 0.3 is 0 Å². The zero-order chi connectivity index (χ0) is 13.3. The molecule has 0 aliphatic carbocycles. The van der Waals surface area contributed by atoms with E-state index in [1.807, 2.05) is 14.0 Å². The molecule has 1 aromatic carbocycles. The predicted octanol–water partition coefficient (Wildman–Crippen LogP) is 2.42. The van der Waals surface area contributed by atoms with Gasteiger partial charge in [0.05, 0.1) is 11.0 Å². The SMILES string of the molecule is Cc1nc2cc(NC(C)(C)CCN)ccc2n1C. The summed E-state index contributed by atoms with van der Waals surface area (Å²) < 4.78 is 2.10. The van der Waals surface area contributed by atoms with Crippen molar-refractivity contribution in [2.75, 3.05) is 11.9 Å². The van der Waals surface area contributed by atoms with Crippen LogP contribution in [0, 0.1) is 6.92 Å². The first-order chi connectivity index (χ1) is 8.43. The number of aryl methyl sites for hydroxylation is 2. The molecule has 3 N–H and O–H groups in total. The number of nitrogens with one attached hydrogen (secondary N) is 1. The molecule has 0 saturated carbocycles. The van der Waals surface area contributed by atoms with E-state index in [4.69, 9.17) is 5.73 Å². The monoisotopic (exact) mass is 246 g/mol. The number of rotatable bonds is 4. The molecule has 2 aromatic rings. The third-order valence-corrected chi connectivity index (χ3v) is 3.36. The summed E-state index contributed by atoms with van der Waals surface area (Å²) in [7, 11) is 2.04. The second kappa shape index (κ2) is 4.61. The van der Waals surface area contributed by atoms with Gasteiger partial charge in [-0.15, -0.1) is 0 Å². The Morgan fingerprint density at radius 3 is 2.78 bits per heavy atom. The van der Waals surface area contributed by atoms with Gasteiger partial charge in [0.1, 0.15) is 5.82 Å². The summed E-state index contributed by atoms with van der Waals surface area (Å²) in [5, 5.41) is 3.51. The molecule has 0 fully saturated rings. The van der Waals surface area contributed by atoms with Gasteiger partial charge in [-0.2, -0.15) is 0 Å². The summed E-state index contributed by atoms with van der Waals surface area (Å²) in [4.78, 5) is 4.55. The highest BCUT2D eigenvalue weighted by molar-refractivity contribution is 5.80. The fraction of sp³-hybridized carbons (Fsp3) is 0.500. The van der Waals surface area contributed by atoms with Gasteiger partial charge in [-0.3, -0.25) is 0 Å². The van der Waals surface area contributed by atoms with Crippen LogP contribution in [0.15, 0.2) is 18.2 Å². The van der Waals surface area contributed by atoms with Gasteiger partial charge < -0.3 is 15.6 Å². The van der Waals surface area contributed by atoms with Crippen LogP contribution in [0.25, 0.3) is 11.0 Å². The Morgan fingerprint density at radius 1 is 1.39 bits per heavy atom. The lowest BCUT2D eigenvalue weighted by molar-refractivity contribution is 0.527. The number of anilines is 1. The third kappa shape index (κ3) is 2.48. The van der Waals surface area contributed by atoms with Gasteiger partial charge in [0.25, 0.3) is 0 Å². The second-order valence-electron chi connectivity index (χ2n) is 5.47. The average Bonchev–Trinajstić information content (AvgIpc) is 2.53. The molecule has 0 atom stereocenters. The Kier molecular flexibility index (Phi) is 3.30. The summed E-state index contributed by atoms with van der Waals surface area (Å²) in [6.07, 6.45) is 0.937. The Hall–Kier alpha value is -1.55. The molecule has 98 valence electrons. The van der Waals surface area contributed by atoms with E-state index in [0.29, 0.717) is 6.54 Å². The van der Waals surface area contributed by atoms with E-state index in [-0.39, 0.29) is 5.54 Å². The first-order valence-electron chi connectivity index (χ1n) is 6.34. The van der Waals surface area contributed by atoms with Crippen LogP contribution in [0.4, 0.5) is 5.69 Å². The van der Waals surface area contributed by atoms with E-state index in [9.17, 15) is 0 Å². The molecule has 18 heavy (non-hydrogen) atoms. The van der Waals surface area contributed by atoms with Gasteiger partial charge in [0.15, 0.2) is 0 Å². The van der Waals surface area contributed by atoms with Crippen LogP contribution in [0.5, 0.6) is 0 Å². The lowest BCUT2D eigenvalue weighted by atomic mass is 10.0. The molecular weight excluding hydrogens is 224 g/mol. The normalized spacial score (nSPS) is 12.1. The van der Waals surface area contributed by atoms with E-state index in [1.54, 1.807) is 0 Å². The van der Waals surface area contributed by atoms with Crippen molar-refractivity contribution in [3.8, 4) is 0 Å². The van der Waals surface area contributed by atoms with Crippen LogP contribution < -0.4 is 11.1 Å². The van der Waals surface area contributed by atoms with Crippen molar-refractivity contribution in [3.05, 3.63) is 24.0 Å². The average molecular weight is 246 g/mol. The molecule has 4 heteroatoms. The Balaban J connectivity index is 2.30. The quantitative estimate of drug-likeness (QED) is 0.871. The fourth-order valence-electron chi connectivity index (χ4n) is 2.21. The van der Waals surface area contributed by atoms with Crippen molar-refractivity contribution < 1.29 is 0 Å². The minimum Gasteiger partial charge on any atom is -0.380 e. The maximum atomic E-state index is 5.63. The number of nitrogens with zero attached hydrogens (tertiary/aromatic N) is 2. The molecule has 0 spiro atoms. The summed E-state index contributed by atoms with van der Waals surface area (Å²) in [5.74, 6) is 1.03. The summed E-state index contributed by atoms with van der Waals surface area (Å²) >= 11 is 0. The molecule has 0 bridgehead atoms. The van der Waals surface area contributed by atoms with Crippen molar-refractivity contribution in [3.63, 3.8) is 0 Å². The molecule has 4 nitrogen and oxygen atoms in total. The third-order valence-electron chi connectivity index (χ3n) is 3.36. The van der Waals surface area contributed by atoms with E-state index in [2.05, 4.69) is 46.9 Å². The maximum absolute atomic E-state index is 5.63. The van der Waals surface area contributed by atoms with Gasteiger partial charge in [-0.25, -0.2) is 4.98 Å². The Labute approximate surface area is 108 Å². The molecule has 0 amide bonds. The number of fused-ring (bicyclic) bond motifs is 1. The maximum Gasteiger partial charge on any atom is 0.106 e. The molecule has 0 saturated heterocycles. The lowest BCUT2D eigenvalue weighted by Gasteiger charge is -2.27. The molecule has 0 aliphatic rings. The molecule has 1 aromatic heterocycles. The van der Waals surface area contributed by atoms with Crippen molar-refractivity contribution >= 4 is 16.7 Å². The Morgan fingerprint density at radius 2 is 2.11 bits per heavy atom. The first-order valence-corrected chi connectivity index (χ1v) is 6.34. The van der Waals surface area contributed by atoms with Crippen molar-refractivity contribution in [2.24, 2.45) is 12.8 Å². The smallest absolute Gasteiger partial charge is 0.106 e. The van der Waals surface area contributed by atoms with Crippen LogP contribution in [0.3, 0.4) is 0 Å². The molecule has 0 aliphatic heterocycles. The van der Waals surface area contributed by atoms with E-state index >= 15 is 0 Å². The van der Waals surface area contributed by atoms with Gasteiger partial charge in [0.2, 0.25) is 0 Å². The van der Waals surface area contributed by atoms with Gasteiger partial charge in [0, 0.05) is 18.3 Å². The predicted molar refractivity (Wildman–Crippen MR) is 76.8 cm³/mol. The van der Waals surface area contributed by atoms with Crippen LogP contribution in [-0.2, 0) is 7.05 Å². The van der Waals surface area contributed by atoms with Gasteiger partial charge in [-0.05, 0) is 51.9 Å². The number of benzene rings is 1. The van der Waals surface area contributed by atoms with E-state index in [0.717, 1.165) is 29.0 Å². The molecule has 0 radical (unpaired) electrons. The van der Waals surface area contributed by atoms with Crippen LogP contribution in [-0.4, -0.2) is 21.6 Å². The summed E-state index contributed by atoms with van der Waals surface area (Å²) in [5.41, 5.74) is 8.92. The van der Waals surface area contributed by atoms with Crippen LogP contribution in [0.2, 0.25) is 0 Å². The molecular formula is C14H22N4. The molecule has 1 heterocycles. The van der Waals surface area contributed by atoms with Crippen LogP contribution in [0.1, 0.15) is 26.1 Å². The van der Waals surface area contributed by atoms with Crippen molar-refractivity contribution in [1.82, 2.24) is 9.55 Å². The highest BCUT2D eigenvalue weighted by Gasteiger charge is 2.16. The standard InChI is InChI=1S/C14H22N4/c1-10-16-12-9-11(5-6-13(12)18(10)4)17-14(2,3)7-8-15/h5-6,9,17H,7-8,15H2,1-4H3. The number of aromatic nitrogens is 2. The number of hydrogen-bond acceptors (Lipinski definition) is 3. The van der Waals surface area contributed by atoms with Gasteiger partial charge in [-0.1, -0.05) is 0 Å². The fourth-order valence-corrected chi connectivity index (χ4v) is 2.21. The van der Waals surface area contributed by atoms with Crippen LogP contribution >= 0.6 is 0 Å². The first kappa shape index (κ1) is 12.9. The topological polar surface area (TPSA) is 55.9 Å². The minimum atomic E-state index is 0.00620. The lowest BCUT2D eigenvalue weighted by Crippen LogP contribution is -2.33. The summed E-state index contributed by atoms with van der Waals surface area (Å²) in [6.45, 7) is 7.03. The zero-order valence-electron chi connectivity index (χ0n) is 11.6. The zero-order valence-corrected chi connectivity index (χ0v) is 11.6.